The summed E-state index contributed by atoms with van der Waals surface area (Å²) in [5.41, 5.74) is 2.35. The summed E-state index contributed by atoms with van der Waals surface area (Å²) in [5, 5.41) is 15.1. The van der Waals surface area contributed by atoms with Crippen molar-refractivity contribution in [2.45, 2.75) is 31.7 Å². The van der Waals surface area contributed by atoms with Crippen molar-refractivity contribution in [1.29, 1.82) is 0 Å². The molecule has 32 heavy (non-hydrogen) atoms. The molecule has 1 heterocycles. The normalized spacial score (nSPS) is 13.2. The molecule has 0 unspecified atom stereocenters. The van der Waals surface area contributed by atoms with Crippen molar-refractivity contribution in [3.63, 3.8) is 0 Å². The van der Waals surface area contributed by atoms with Crippen LogP contribution in [0, 0.1) is 0 Å². The number of carbonyl (C=O) groups is 2. The number of nitrogens with zero attached hydrogens (tertiary/aromatic N) is 3. The van der Waals surface area contributed by atoms with E-state index in [1.54, 1.807) is 24.3 Å². The molecular weight excluding hydrogens is 422 g/mol. The van der Waals surface area contributed by atoms with E-state index in [2.05, 4.69) is 44.9 Å². The van der Waals surface area contributed by atoms with Crippen LogP contribution in [0.3, 0.4) is 0 Å². The van der Waals surface area contributed by atoms with Gasteiger partial charge in [-0.15, -0.1) is 10.2 Å². The van der Waals surface area contributed by atoms with Gasteiger partial charge < -0.3 is 15.5 Å². The number of anilines is 1. The summed E-state index contributed by atoms with van der Waals surface area (Å²) in [5.74, 6) is 0.0198. The lowest BCUT2D eigenvalue weighted by Crippen LogP contribution is -2.28. The second-order valence-electron chi connectivity index (χ2n) is 8.09. The topological polar surface area (TPSA) is 87.2 Å². The first-order valence-corrected chi connectivity index (χ1v) is 11.7. The number of hydrogen-bond acceptors (Lipinski definition) is 6. The minimum absolute atomic E-state index is 0.154. The number of amides is 2. The van der Waals surface area contributed by atoms with E-state index in [9.17, 15) is 9.59 Å². The first-order chi connectivity index (χ1) is 15.6. The Morgan fingerprint density at radius 1 is 1.06 bits per heavy atom. The molecule has 0 bridgehead atoms. The van der Waals surface area contributed by atoms with Gasteiger partial charge in [0.15, 0.2) is 0 Å². The van der Waals surface area contributed by atoms with Gasteiger partial charge in [0.05, 0.1) is 0 Å². The van der Waals surface area contributed by atoms with Crippen LogP contribution >= 0.6 is 11.3 Å². The van der Waals surface area contributed by atoms with Crippen molar-refractivity contribution >= 4 is 28.8 Å². The highest BCUT2D eigenvalue weighted by Crippen LogP contribution is 2.41. The standard InChI is InChI=1S/C24H27N5O2S/c1-29(16-17-7-3-2-4-8-17)14-6-13-25-21(30)19-9-5-10-20(15-19)26-22(31)24-28-27-23(32-24)18-11-12-18/h2-5,7-10,15,18H,6,11-14,16H2,1H3,(H,25,30)(H,26,31). The smallest absolute Gasteiger partial charge is 0.286 e. The number of carbonyl (C=O) groups excluding carboxylic acids is 2. The lowest BCUT2D eigenvalue weighted by Gasteiger charge is -2.16. The minimum atomic E-state index is -0.298. The number of nitrogens with one attached hydrogen (secondary N) is 2. The maximum atomic E-state index is 12.5. The van der Waals surface area contributed by atoms with Gasteiger partial charge >= 0.3 is 0 Å². The van der Waals surface area contributed by atoms with E-state index in [0.29, 0.717) is 28.7 Å². The molecule has 3 aromatic rings. The Hall–Kier alpha value is -3.10. The van der Waals surface area contributed by atoms with Crippen LogP contribution in [0.4, 0.5) is 5.69 Å². The fraction of sp³-hybridized carbons (Fsp3) is 0.333. The predicted molar refractivity (Wildman–Crippen MR) is 126 cm³/mol. The Bertz CT molecular complexity index is 1070. The average Bonchev–Trinajstić information content (AvgIpc) is 3.53. The van der Waals surface area contributed by atoms with Gasteiger partial charge in [0.1, 0.15) is 5.01 Å². The van der Waals surface area contributed by atoms with Crippen molar-refractivity contribution in [3.05, 3.63) is 75.7 Å². The summed E-state index contributed by atoms with van der Waals surface area (Å²) < 4.78 is 0. The SMILES string of the molecule is CN(CCCNC(=O)c1cccc(NC(=O)c2nnc(C3CC3)s2)c1)Cc1ccccc1. The van der Waals surface area contributed by atoms with E-state index in [0.717, 1.165) is 37.4 Å². The zero-order chi connectivity index (χ0) is 22.3. The molecule has 166 valence electrons. The third kappa shape index (κ3) is 6.21. The fourth-order valence-electron chi connectivity index (χ4n) is 3.37. The number of benzene rings is 2. The Morgan fingerprint density at radius 3 is 2.66 bits per heavy atom. The molecule has 7 nitrogen and oxygen atoms in total. The van der Waals surface area contributed by atoms with E-state index < -0.39 is 0 Å². The summed E-state index contributed by atoms with van der Waals surface area (Å²) >= 11 is 1.34. The average molecular weight is 450 g/mol. The number of aromatic nitrogens is 2. The van der Waals surface area contributed by atoms with Crippen molar-refractivity contribution in [3.8, 4) is 0 Å². The molecule has 0 spiro atoms. The third-order valence-electron chi connectivity index (χ3n) is 5.24. The van der Waals surface area contributed by atoms with E-state index >= 15 is 0 Å². The molecule has 2 amide bonds. The molecule has 0 atom stereocenters. The summed E-state index contributed by atoms with van der Waals surface area (Å²) in [6, 6.07) is 17.3. The van der Waals surface area contributed by atoms with Gasteiger partial charge in [-0.2, -0.15) is 0 Å². The Kier molecular flexibility index (Phi) is 7.24. The van der Waals surface area contributed by atoms with Gasteiger partial charge in [-0.1, -0.05) is 47.7 Å². The lowest BCUT2D eigenvalue weighted by molar-refractivity contribution is 0.0950. The second-order valence-corrected chi connectivity index (χ2v) is 9.10. The molecule has 1 saturated carbocycles. The summed E-state index contributed by atoms with van der Waals surface area (Å²) in [6.45, 7) is 2.35. The molecule has 0 radical (unpaired) electrons. The van der Waals surface area contributed by atoms with Crippen LogP contribution in [-0.4, -0.2) is 47.0 Å². The predicted octanol–water partition coefficient (Wildman–Crippen LogP) is 3.92. The molecule has 1 aromatic heterocycles. The van der Waals surface area contributed by atoms with Crippen LogP contribution in [-0.2, 0) is 6.54 Å². The Balaban J connectivity index is 1.22. The molecule has 8 heteroatoms. The van der Waals surface area contributed by atoms with E-state index in [1.807, 2.05) is 18.2 Å². The molecule has 1 aliphatic carbocycles. The minimum Gasteiger partial charge on any atom is -0.352 e. The summed E-state index contributed by atoms with van der Waals surface area (Å²) in [4.78, 5) is 27.2. The lowest BCUT2D eigenvalue weighted by atomic mass is 10.2. The Morgan fingerprint density at radius 2 is 1.88 bits per heavy atom. The quantitative estimate of drug-likeness (QED) is 0.458. The van der Waals surface area contributed by atoms with E-state index in [-0.39, 0.29) is 11.8 Å². The van der Waals surface area contributed by atoms with E-state index in [4.69, 9.17) is 0 Å². The summed E-state index contributed by atoms with van der Waals surface area (Å²) in [7, 11) is 2.08. The maximum absolute atomic E-state index is 12.5. The van der Waals surface area contributed by atoms with Crippen LogP contribution < -0.4 is 10.6 Å². The monoisotopic (exact) mass is 449 g/mol. The van der Waals surface area contributed by atoms with Gasteiger partial charge in [0.25, 0.3) is 11.8 Å². The van der Waals surface area contributed by atoms with Crippen molar-refractivity contribution in [2.75, 3.05) is 25.5 Å². The third-order valence-corrected chi connectivity index (χ3v) is 6.33. The highest BCUT2D eigenvalue weighted by Gasteiger charge is 2.28. The van der Waals surface area contributed by atoms with Crippen LogP contribution in [0.25, 0.3) is 0 Å². The van der Waals surface area contributed by atoms with Gasteiger partial charge in [0, 0.05) is 30.3 Å². The zero-order valence-electron chi connectivity index (χ0n) is 18.1. The zero-order valence-corrected chi connectivity index (χ0v) is 18.9. The van der Waals surface area contributed by atoms with Gasteiger partial charge in [-0.3, -0.25) is 9.59 Å². The molecule has 2 aromatic carbocycles. The first kappa shape index (κ1) is 22.1. The molecule has 2 N–H and O–H groups in total. The van der Waals surface area contributed by atoms with E-state index in [1.165, 1.54) is 16.9 Å². The molecule has 1 aliphatic rings. The van der Waals surface area contributed by atoms with Gasteiger partial charge in [-0.25, -0.2) is 0 Å². The molecule has 0 aliphatic heterocycles. The van der Waals surface area contributed by atoms with Crippen molar-refractivity contribution in [2.24, 2.45) is 0 Å². The van der Waals surface area contributed by atoms with Crippen molar-refractivity contribution in [1.82, 2.24) is 20.4 Å². The largest absolute Gasteiger partial charge is 0.352 e. The highest BCUT2D eigenvalue weighted by molar-refractivity contribution is 7.13. The highest BCUT2D eigenvalue weighted by atomic mass is 32.1. The van der Waals surface area contributed by atoms with Crippen LogP contribution in [0.15, 0.2) is 54.6 Å². The number of rotatable bonds is 10. The molecule has 4 rings (SSSR count). The van der Waals surface area contributed by atoms with Crippen LogP contribution in [0.5, 0.6) is 0 Å². The molecule has 0 saturated heterocycles. The van der Waals surface area contributed by atoms with Gasteiger partial charge in [-0.05, 0) is 56.6 Å². The summed E-state index contributed by atoms with van der Waals surface area (Å²) in [6.07, 6.45) is 3.10. The second kappa shape index (κ2) is 10.5. The fourth-order valence-corrected chi connectivity index (χ4v) is 4.28. The maximum Gasteiger partial charge on any atom is 0.286 e. The van der Waals surface area contributed by atoms with Gasteiger partial charge in [0.2, 0.25) is 5.01 Å². The Labute approximate surface area is 191 Å². The molecule has 1 fully saturated rings. The first-order valence-electron chi connectivity index (χ1n) is 10.8. The van der Waals surface area contributed by atoms with Crippen LogP contribution in [0.2, 0.25) is 0 Å². The van der Waals surface area contributed by atoms with Crippen LogP contribution in [0.1, 0.15) is 55.9 Å². The molecular formula is C24H27N5O2S. The van der Waals surface area contributed by atoms with Crippen molar-refractivity contribution < 1.29 is 9.59 Å². The number of hydrogen-bond donors (Lipinski definition) is 2.